The Labute approximate surface area is 85.9 Å². The van der Waals surface area contributed by atoms with Gasteiger partial charge in [-0.3, -0.25) is 0 Å². The highest BCUT2D eigenvalue weighted by Crippen LogP contribution is 2.16. The monoisotopic (exact) mass is 221 g/mol. The zero-order valence-electron chi connectivity index (χ0n) is 8.66. The zero-order valence-corrected chi connectivity index (χ0v) is 9.48. The molecular formula is C9H19NO3S. The van der Waals surface area contributed by atoms with Crippen molar-refractivity contribution in [3.63, 3.8) is 0 Å². The lowest BCUT2D eigenvalue weighted by molar-refractivity contribution is 0.0983. The fraction of sp³-hybridized carbons (Fsp3) is 1.00. The normalized spacial score (nSPS) is 19.8. The Morgan fingerprint density at radius 1 is 1.36 bits per heavy atom. The summed E-state index contributed by atoms with van der Waals surface area (Å²) >= 11 is 0. The van der Waals surface area contributed by atoms with E-state index in [2.05, 4.69) is 5.32 Å². The van der Waals surface area contributed by atoms with Gasteiger partial charge in [0.15, 0.2) is 9.84 Å². The molecule has 0 aromatic carbocycles. The van der Waals surface area contributed by atoms with Crippen molar-refractivity contribution in [3.05, 3.63) is 0 Å². The Morgan fingerprint density at radius 3 is 2.57 bits per heavy atom. The maximum atomic E-state index is 11.8. The molecule has 84 valence electrons. The Kier molecular flexibility index (Phi) is 4.84. The summed E-state index contributed by atoms with van der Waals surface area (Å²) in [6, 6.07) is 0. The van der Waals surface area contributed by atoms with Crippen molar-refractivity contribution in [3.8, 4) is 0 Å². The van der Waals surface area contributed by atoms with E-state index >= 15 is 0 Å². The molecule has 0 spiro atoms. The standard InChI is InChI=1S/C9H19NO3S/c1-10-5-2-8-14(11,12)9-3-6-13-7-4-9/h9-10H,2-8H2,1H3. The van der Waals surface area contributed by atoms with Crippen LogP contribution >= 0.6 is 0 Å². The molecule has 0 radical (unpaired) electrons. The largest absolute Gasteiger partial charge is 0.381 e. The van der Waals surface area contributed by atoms with Crippen molar-refractivity contribution in [2.75, 3.05) is 32.6 Å². The minimum atomic E-state index is -2.88. The SMILES string of the molecule is CNCCCS(=O)(=O)C1CCOCC1. The van der Waals surface area contributed by atoms with E-state index in [9.17, 15) is 8.42 Å². The highest BCUT2D eigenvalue weighted by molar-refractivity contribution is 7.92. The van der Waals surface area contributed by atoms with Crippen LogP contribution in [-0.2, 0) is 14.6 Å². The number of hydrogen-bond acceptors (Lipinski definition) is 4. The van der Waals surface area contributed by atoms with Gasteiger partial charge in [0.05, 0.1) is 11.0 Å². The molecule has 0 aromatic heterocycles. The lowest BCUT2D eigenvalue weighted by atomic mass is 10.2. The first kappa shape index (κ1) is 11.9. The fourth-order valence-corrected chi connectivity index (χ4v) is 3.44. The second kappa shape index (κ2) is 5.68. The number of hydrogen-bond donors (Lipinski definition) is 1. The maximum Gasteiger partial charge on any atom is 0.153 e. The van der Waals surface area contributed by atoms with E-state index in [0.717, 1.165) is 6.54 Å². The number of nitrogens with one attached hydrogen (secondary N) is 1. The van der Waals surface area contributed by atoms with Crippen LogP contribution in [0.5, 0.6) is 0 Å². The predicted molar refractivity (Wildman–Crippen MR) is 56.2 cm³/mol. The van der Waals surface area contributed by atoms with Gasteiger partial charge >= 0.3 is 0 Å². The predicted octanol–water partition coefficient (Wildman–Crippen LogP) is 0.190. The molecule has 1 heterocycles. The van der Waals surface area contributed by atoms with Gasteiger partial charge in [-0.05, 0) is 32.9 Å². The van der Waals surface area contributed by atoms with Crippen LogP contribution in [0.2, 0.25) is 0 Å². The third kappa shape index (κ3) is 3.55. The van der Waals surface area contributed by atoms with Crippen molar-refractivity contribution in [2.24, 2.45) is 0 Å². The average molecular weight is 221 g/mol. The molecule has 1 aliphatic rings. The summed E-state index contributed by atoms with van der Waals surface area (Å²) in [5.74, 6) is 0.304. The maximum absolute atomic E-state index is 11.8. The van der Waals surface area contributed by atoms with E-state index in [-0.39, 0.29) is 5.25 Å². The molecular weight excluding hydrogens is 202 g/mol. The van der Waals surface area contributed by atoms with E-state index in [1.165, 1.54) is 0 Å². The molecule has 0 atom stereocenters. The highest BCUT2D eigenvalue weighted by atomic mass is 32.2. The van der Waals surface area contributed by atoms with Gasteiger partial charge in [-0.2, -0.15) is 0 Å². The van der Waals surface area contributed by atoms with E-state index in [4.69, 9.17) is 4.74 Å². The van der Waals surface area contributed by atoms with E-state index in [1.807, 2.05) is 7.05 Å². The highest BCUT2D eigenvalue weighted by Gasteiger charge is 2.26. The summed E-state index contributed by atoms with van der Waals surface area (Å²) in [6.07, 6.45) is 2.04. The smallest absolute Gasteiger partial charge is 0.153 e. The van der Waals surface area contributed by atoms with Crippen LogP contribution in [0.3, 0.4) is 0 Å². The van der Waals surface area contributed by atoms with Gasteiger partial charge < -0.3 is 10.1 Å². The van der Waals surface area contributed by atoms with E-state index in [1.54, 1.807) is 0 Å². The quantitative estimate of drug-likeness (QED) is 0.673. The van der Waals surface area contributed by atoms with Gasteiger partial charge in [0.1, 0.15) is 0 Å². The number of ether oxygens (including phenoxy) is 1. The summed E-state index contributed by atoms with van der Waals surface area (Å²) in [7, 11) is -1.04. The van der Waals surface area contributed by atoms with Gasteiger partial charge in [-0.25, -0.2) is 8.42 Å². The molecule has 1 aliphatic heterocycles. The molecule has 1 N–H and O–H groups in total. The van der Waals surface area contributed by atoms with Crippen molar-refractivity contribution < 1.29 is 13.2 Å². The van der Waals surface area contributed by atoms with Crippen molar-refractivity contribution in [1.29, 1.82) is 0 Å². The molecule has 4 nitrogen and oxygen atoms in total. The Hall–Kier alpha value is -0.130. The summed E-state index contributed by atoms with van der Waals surface area (Å²) in [5.41, 5.74) is 0. The summed E-state index contributed by atoms with van der Waals surface area (Å²) in [5, 5.41) is 2.79. The summed E-state index contributed by atoms with van der Waals surface area (Å²) in [4.78, 5) is 0. The van der Waals surface area contributed by atoms with Gasteiger partial charge in [-0.1, -0.05) is 0 Å². The average Bonchev–Trinajstić information content (AvgIpc) is 2.19. The first-order valence-corrected chi connectivity index (χ1v) is 6.82. The molecule has 0 amide bonds. The molecule has 0 bridgehead atoms. The van der Waals surface area contributed by atoms with Gasteiger partial charge in [0.25, 0.3) is 0 Å². The zero-order chi connectivity index (χ0) is 10.4. The number of sulfone groups is 1. The Morgan fingerprint density at radius 2 is 2.00 bits per heavy atom. The molecule has 14 heavy (non-hydrogen) atoms. The van der Waals surface area contributed by atoms with Gasteiger partial charge in [-0.15, -0.1) is 0 Å². The third-order valence-electron chi connectivity index (χ3n) is 2.53. The molecule has 5 heteroatoms. The third-order valence-corrected chi connectivity index (χ3v) is 4.88. The Bertz CT molecular complexity index is 245. The molecule has 1 rings (SSSR count). The lowest BCUT2D eigenvalue weighted by Crippen LogP contribution is -2.31. The second-order valence-electron chi connectivity index (χ2n) is 3.64. The summed E-state index contributed by atoms with van der Waals surface area (Å²) in [6.45, 7) is 1.95. The van der Waals surface area contributed by atoms with Crippen molar-refractivity contribution >= 4 is 9.84 Å². The first-order valence-electron chi connectivity index (χ1n) is 5.11. The Balaban J connectivity index is 2.38. The minimum absolute atomic E-state index is 0.159. The molecule has 0 aromatic rings. The van der Waals surface area contributed by atoms with Crippen LogP contribution in [0.25, 0.3) is 0 Å². The first-order chi connectivity index (χ1) is 6.67. The van der Waals surface area contributed by atoms with E-state index in [0.29, 0.717) is 38.2 Å². The number of rotatable bonds is 5. The van der Waals surface area contributed by atoms with Crippen LogP contribution in [-0.4, -0.2) is 46.2 Å². The van der Waals surface area contributed by atoms with Crippen LogP contribution in [0.4, 0.5) is 0 Å². The van der Waals surface area contributed by atoms with Gasteiger partial charge in [0.2, 0.25) is 0 Å². The van der Waals surface area contributed by atoms with Crippen LogP contribution in [0.1, 0.15) is 19.3 Å². The van der Waals surface area contributed by atoms with Gasteiger partial charge in [0, 0.05) is 13.2 Å². The van der Waals surface area contributed by atoms with Crippen molar-refractivity contribution in [1.82, 2.24) is 5.32 Å². The minimum Gasteiger partial charge on any atom is -0.381 e. The molecule has 0 unspecified atom stereocenters. The van der Waals surface area contributed by atoms with Crippen LogP contribution in [0.15, 0.2) is 0 Å². The molecule has 1 fully saturated rings. The van der Waals surface area contributed by atoms with Crippen LogP contribution < -0.4 is 5.32 Å². The lowest BCUT2D eigenvalue weighted by Gasteiger charge is -2.21. The fourth-order valence-electron chi connectivity index (χ4n) is 1.65. The summed E-state index contributed by atoms with van der Waals surface area (Å²) < 4.78 is 28.7. The molecule has 1 saturated heterocycles. The molecule has 0 aliphatic carbocycles. The van der Waals surface area contributed by atoms with Crippen LogP contribution in [0, 0.1) is 0 Å². The second-order valence-corrected chi connectivity index (χ2v) is 6.04. The van der Waals surface area contributed by atoms with E-state index < -0.39 is 9.84 Å². The molecule has 0 saturated carbocycles. The van der Waals surface area contributed by atoms with Crippen molar-refractivity contribution in [2.45, 2.75) is 24.5 Å². The topological polar surface area (TPSA) is 55.4 Å².